The van der Waals surface area contributed by atoms with Crippen LogP contribution in [-0.4, -0.2) is 64.9 Å². The average molecular weight is 419 g/mol. The number of hydrogen-bond acceptors (Lipinski definition) is 5. The van der Waals surface area contributed by atoms with E-state index in [4.69, 9.17) is 14.2 Å². The molecule has 1 aromatic rings. The molecule has 0 aliphatic heterocycles. The van der Waals surface area contributed by atoms with E-state index in [1.54, 1.807) is 28.4 Å². The van der Waals surface area contributed by atoms with Crippen molar-refractivity contribution in [1.29, 1.82) is 0 Å². The summed E-state index contributed by atoms with van der Waals surface area (Å²) >= 11 is 0. The average Bonchev–Trinajstić information content (AvgIpc) is 2.75. The highest BCUT2D eigenvalue weighted by molar-refractivity contribution is 5.79. The van der Waals surface area contributed by atoms with Gasteiger partial charge in [0.25, 0.3) is 0 Å². The third-order valence-electron chi connectivity index (χ3n) is 4.85. The Morgan fingerprint density at radius 1 is 1.03 bits per heavy atom. The Morgan fingerprint density at radius 2 is 1.60 bits per heavy atom. The van der Waals surface area contributed by atoms with Crippen molar-refractivity contribution in [3.8, 4) is 17.2 Å². The molecule has 0 heterocycles. The number of methoxy groups -OCH3 is 3. The first-order chi connectivity index (χ1) is 14.4. The summed E-state index contributed by atoms with van der Waals surface area (Å²) in [5, 5.41) is 6.79. The second-order valence-electron chi connectivity index (χ2n) is 7.18. The number of nitrogens with one attached hydrogen (secondary N) is 2. The minimum atomic E-state index is 0.320. The normalized spacial score (nSPS) is 12.5. The van der Waals surface area contributed by atoms with Crippen molar-refractivity contribution in [3.05, 3.63) is 43.0 Å². The molecule has 7 nitrogen and oxygen atoms in total. The summed E-state index contributed by atoms with van der Waals surface area (Å²) < 4.78 is 16.2. The van der Waals surface area contributed by atoms with Gasteiger partial charge < -0.3 is 24.8 Å². The van der Waals surface area contributed by atoms with Crippen molar-refractivity contribution in [1.82, 2.24) is 15.5 Å². The van der Waals surface area contributed by atoms with Crippen LogP contribution in [0.5, 0.6) is 17.2 Å². The molecule has 168 valence electrons. The number of ether oxygens (including phenoxy) is 3. The minimum Gasteiger partial charge on any atom is -0.493 e. The molecule has 0 amide bonds. The van der Waals surface area contributed by atoms with Gasteiger partial charge in [0.1, 0.15) is 0 Å². The predicted octanol–water partition coefficient (Wildman–Crippen LogP) is 3.08. The van der Waals surface area contributed by atoms with Gasteiger partial charge in [0.2, 0.25) is 5.75 Å². The van der Waals surface area contributed by atoms with Gasteiger partial charge in [0.15, 0.2) is 17.5 Å². The molecule has 30 heavy (non-hydrogen) atoms. The highest BCUT2D eigenvalue weighted by Crippen LogP contribution is 2.38. The molecule has 0 saturated carbocycles. The molecular formula is C23H38N4O3. The first-order valence-corrected chi connectivity index (χ1v) is 10.1. The lowest BCUT2D eigenvalue weighted by Crippen LogP contribution is -2.49. The Labute approximate surface area is 181 Å². The lowest BCUT2D eigenvalue weighted by Gasteiger charge is -2.33. The van der Waals surface area contributed by atoms with Gasteiger partial charge in [0, 0.05) is 39.3 Å². The number of aliphatic imine (C=N–C) groups is 1. The van der Waals surface area contributed by atoms with Gasteiger partial charge in [-0.15, -0.1) is 13.2 Å². The van der Waals surface area contributed by atoms with Crippen molar-refractivity contribution in [3.63, 3.8) is 0 Å². The summed E-state index contributed by atoms with van der Waals surface area (Å²) in [5.74, 6) is 3.02. The third-order valence-corrected chi connectivity index (χ3v) is 4.85. The lowest BCUT2D eigenvalue weighted by atomic mass is 10.0. The summed E-state index contributed by atoms with van der Waals surface area (Å²) in [7, 11) is 6.58. The molecule has 0 saturated heterocycles. The molecule has 1 rings (SSSR count). The molecule has 0 fully saturated rings. The molecule has 0 spiro atoms. The first-order valence-electron chi connectivity index (χ1n) is 10.1. The van der Waals surface area contributed by atoms with Crippen LogP contribution in [0.15, 0.2) is 42.4 Å². The summed E-state index contributed by atoms with van der Waals surface area (Å²) in [4.78, 5) is 6.70. The molecule has 1 unspecified atom stereocenters. The van der Waals surface area contributed by atoms with E-state index in [1.807, 2.05) is 24.3 Å². The Kier molecular flexibility index (Phi) is 11.4. The van der Waals surface area contributed by atoms with Crippen molar-refractivity contribution in [2.45, 2.75) is 26.4 Å². The second kappa shape index (κ2) is 13.5. The van der Waals surface area contributed by atoms with E-state index in [2.05, 4.69) is 47.5 Å². The van der Waals surface area contributed by atoms with Crippen LogP contribution in [0.3, 0.4) is 0 Å². The Hall–Kier alpha value is -2.67. The first kappa shape index (κ1) is 25.4. The summed E-state index contributed by atoms with van der Waals surface area (Å²) in [5.41, 5.74) is 0.993. The Balaban J connectivity index is 2.83. The third kappa shape index (κ3) is 7.30. The molecule has 2 N–H and O–H groups in total. The Bertz CT molecular complexity index is 669. The number of hydrogen-bond donors (Lipinski definition) is 2. The molecular weight excluding hydrogens is 380 g/mol. The number of guanidine groups is 1. The molecule has 0 aliphatic rings. The highest BCUT2D eigenvalue weighted by Gasteiger charge is 2.20. The number of nitrogens with zero attached hydrogens (tertiary/aromatic N) is 2. The fourth-order valence-corrected chi connectivity index (χ4v) is 3.31. The number of rotatable bonds is 13. The number of benzene rings is 1. The summed E-state index contributed by atoms with van der Waals surface area (Å²) in [6.07, 6.45) is 3.85. The smallest absolute Gasteiger partial charge is 0.203 e. The van der Waals surface area contributed by atoms with Crippen LogP contribution in [-0.2, 0) is 6.54 Å². The maximum Gasteiger partial charge on any atom is 0.203 e. The fraction of sp³-hybridized carbons (Fsp3) is 0.522. The highest BCUT2D eigenvalue weighted by atomic mass is 16.5. The van der Waals surface area contributed by atoms with Crippen LogP contribution in [0.2, 0.25) is 0 Å². The maximum atomic E-state index is 5.43. The van der Waals surface area contributed by atoms with E-state index >= 15 is 0 Å². The second-order valence-corrected chi connectivity index (χ2v) is 7.18. The zero-order valence-electron chi connectivity index (χ0n) is 19.3. The molecule has 1 aromatic carbocycles. The van der Waals surface area contributed by atoms with Gasteiger partial charge in [-0.3, -0.25) is 9.89 Å². The van der Waals surface area contributed by atoms with Crippen LogP contribution in [0.25, 0.3) is 0 Å². The van der Waals surface area contributed by atoms with Crippen molar-refractivity contribution >= 4 is 5.96 Å². The van der Waals surface area contributed by atoms with Gasteiger partial charge in [-0.1, -0.05) is 26.0 Å². The van der Waals surface area contributed by atoms with E-state index in [0.717, 1.165) is 31.2 Å². The Morgan fingerprint density at radius 3 is 2.00 bits per heavy atom. The summed E-state index contributed by atoms with van der Waals surface area (Å²) in [6.45, 7) is 15.1. The zero-order valence-corrected chi connectivity index (χ0v) is 19.3. The minimum absolute atomic E-state index is 0.320. The molecule has 0 aliphatic carbocycles. The maximum absolute atomic E-state index is 5.43. The van der Waals surface area contributed by atoms with Crippen LogP contribution in [0.4, 0.5) is 0 Å². The van der Waals surface area contributed by atoms with E-state index in [0.29, 0.717) is 35.8 Å². The van der Waals surface area contributed by atoms with Crippen LogP contribution >= 0.6 is 0 Å². The summed E-state index contributed by atoms with van der Waals surface area (Å²) in [6, 6.07) is 4.17. The van der Waals surface area contributed by atoms with Crippen LogP contribution in [0.1, 0.15) is 19.4 Å². The lowest BCUT2D eigenvalue weighted by molar-refractivity contribution is 0.190. The van der Waals surface area contributed by atoms with Crippen LogP contribution in [0, 0.1) is 5.92 Å². The van der Waals surface area contributed by atoms with Gasteiger partial charge in [-0.2, -0.15) is 0 Å². The SMILES string of the molecule is C=CCN(CC=C)C(CNC(=NC)NCc1cc(OC)c(OC)c(OC)c1)C(C)C. The molecule has 0 aromatic heterocycles. The van der Waals surface area contributed by atoms with Crippen molar-refractivity contribution in [2.24, 2.45) is 10.9 Å². The van der Waals surface area contributed by atoms with Crippen molar-refractivity contribution < 1.29 is 14.2 Å². The largest absolute Gasteiger partial charge is 0.493 e. The quantitative estimate of drug-likeness (QED) is 0.292. The van der Waals surface area contributed by atoms with E-state index < -0.39 is 0 Å². The van der Waals surface area contributed by atoms with Crippen molar-refractivity contribution in [2.75, 3.05) is 48.0 Å². The predicted molar refractivity (Wildman–Crippen MR) is 125 cm³/mol. The van der Waals surface area contributed by atoms with Gasteiger partial charge in [-0.25, -0.2) is 0 Å². The van der Waals surface area contributed by atoms with E-state index in [1.165, 1.54) is 0 Å². The molecule has 0 bridgehead atoms. The topological polar surface area (TPSA) is 67.4 Å². The standard InChI is InChI=1S/C23H38N4O3/c1-9-11-27(12-10-2)19(17(3)4)16-26-23(24-5)25-15-18-13-20(28-6)22(30-8)21(14-18)29-7/h9-10,13-14,17,19H,1-2,11-12,15-16H2,3-8H3,(H2,24,25,26). The van der Waals surface area contributed by atoms with Crippen LogP contribution < -0.4 is 24.8 Å². The molecule has 0 radical (unpaired) electrons. The van der Waals surface area contributed by atoms with E-state index in [9.17, 15) is 0 Å². The van der Waals surface area contributed by atoms with E-state index in [-0.39, 0.29) is 0 Å². The fourth-order valence-electron chi connectivity index (χ4n) is 3.31. The van der Waals surface area contributed by atoms with Gasteiger partial charge in [0.05, 0.1) is 21.3 Å². The van der Waals surface area contributed by atoms with Gasteiger partial charge >= 0.3 is 0 Å². The molecule has 7 heteroatoms. The van der Waals surface area contributed by atoms with Gasteiger partial charge in [-0.05, 0) is 23.6 Å². The molecule has 1 atom stereocenters. The monoisotopic (exact) mass is 418 g/mol. The zero-order chi connectivity index (χ0) is 22.5.